The zero-order valence-electron chi connectivity index (χ0n) is 6.24. The Morgan fingerprint density at radius 2 is 2.45 bits per heavy atom. The van der Waals surface area contributed by atoms with E-state index in [2.05, 4.69) is 17.6 Å². The largest absolute Gasteiger partial charge is 0.480 e. The normalized spacial score (nSPS) is 9.64. The van der Waals surface area contributed by atoms with Crippen LogP contribution in [-0.2, 0) is 5.75 Å². The Morgan fingerprint density at radius 1 is 1.73 bits per heavy atom. The molecule has 0 aromatic carbocycles. The van der Waals surface area contributed by atoms with Crippen LogP contribution in [0.4, 0.5) is 5.69 Å². The molecule has 0 amide bonds. The van der Waals surface area contributed by atoms with Gasteiger partial charge >= 0.3 is 0 Å². The molecule has 0 aliphatic rings. The second-order valence-electron chi connectivity index (χ2n) is 2.10. The van der Waals surface area contributed by atoms with Crippen LogP contribution in [-0.4, -0.2) is 12.1 Å². The second kappa shape index (κ2) is 3.48. The minimum absolute atomic E-state index is 0.468. The van der Waals surface area contributed by atoms with Crippen molar-refractivity contribution in [1.29, 1.82) is 0 Å². The monoisotopic (exact) mass is 170 g/mol. The van der Waals surface area contributed by atoms with E-state index in [1.54, 1.807) is 19.4 Å². The van der Waals surface area contributed by atoms with Gasteiger partial charge in [0, 0.05) is 11.9 Å². The van der Waals surface area contributed by atoms with Gasteiger partial charge in [0.2, 0.25) is 5.88 Å². The summed E-state index contributed by atoms with van der Waals surface area (Å²) in [4.78, 5) is 3.97. The number of thiol groups is 1. The molecule has 0 spiro atoms. The number of aromatic nitrogens is 1. The predicted octanol–water partition coefficient (Wildman–Crippen LogP) is 1.10. The van der Waals surface area contributed by atoms with E-state index in [9.17, 15) is 0 Å². The first-order valence-electron chi connectivity index (χ1n) is 3.17. The van der Waals surface area contributed by atoms with Crippen molar-refractivity contribution in [2.45, 2.75) is 5.75 Å². The highest BCUT2D eigenvalue weighted by molar-refractivity contribution is 7.79. The summed E-state index contributed by atoms with van der Waals surface area (Å²) in [5.74, 6) is 1.11. The van der Waals surface area contributed by atoms with E-state index in [-0.39, 0.29) is 0 Å². The van der Waals surface area contributed by atoms with Crippen LogP contribution in [0.15, 0.2) is 12.3 Å². The molecule has 11 heavy (non-hydrogen) atoms. The van der Waals surface area contributed by atoms with Crippen LogP contribution in [0.5, 0.6) is 5.88 Å². The van der Waals surface area contributed by atoms with Gasteiger partial charge in [-0.25, -0.2) is 4.98 Å². The molecule has 1 aromatic heterocycles. The lowest BCUT2D eigenvalue weighted by Crippen LogP contribution is -1.96. The minimum Gasteiger partial charge on any atom is -0.480 e. The molecule has 0 radical (unpaired) electrons. The molecule has 1 aromatic rings. The summed E-state index contributed by atoms with van der Waals surface area (Å²) in [6, 6.07) is 1.80. The maximum Gasteiger partial charge on any atom is 0.236 e. The number of pyridine rings is 1. The van der Waals surface area contributed by atoms with Crippen LogP contribution in [0.1, 0.15) is 5.56 Å². The summed E-state index contributed by atoms with van der Waals surface area (Å²) in [7, 11) is 1.54. The van der Waals surface area contributed by atoms with Crippen molar-refractivity contribution in [3.63, 3.8) is 0 Å². The van der Waals surface area contributed by atoms with Crippen molar-refractivity contribution in [3.05, 3.63) is 17.8 Å². The summed E-state index contributed by atoms with van der Waals surface area (Å²) in [6.07, 6.45) is 1.70. The van der Waals surface area contributed by atoms with Crippen LogP contribution < -0.4 is 10.5 Å². The Hall–Kier alpha value is -0.900. The highest BCUT2D eigenvalue weighted by Gasteiger charge is 1.99. The smallest absolute Gasteiger partial charge is 0.236 e. The molecule has 1 heterocycles. The average Bonchev–Trinajstić information content (AvgIpc) is 2.04. The third-order valence-corrected chi connectivity index (χ3v) is 1.68. The second-order valence-corrected chi connectivity index (χ2v) is 2.42. The number of hydrogen-bond donors (Lipinski definition) is 2. The van der Waals surface area contributed by atoms with Gasteiger partial charge in [-0.1, -0.05) is 0 Å². The van der Waals surface area contributed by atoms with Gasteiger partial charge in [0.1, 0.15) is 0 Å². The topological polar surface area (TPSA) is 48.1 Å². The fraction of sp³-hybridized carbons (Fsp3) is 0.286. The average molecular weight is 170 g/mol. The molecule has 0 saturated heterocycles. The van der Waals surface area contributed by atoms with Crippen molar-refractivity contribution >= 4 is 18.3 Å². The van der Waals surface area contributed by atoms with Crippen molar-refractivity contribution in [3.8, 4) is 5.88 Å². The van der Waals surface area contributed by atoms with E-state index in [1.165, 1.54) is 0 Å². The fourth-order valence-corrected chi connectivity index (χ4v) is 0.945. The molecule has 0 saturated carbocycles. The zero-order valence-corrected chi connectivity index (χ0v) is 7.14. The van der Waals surface area contributed by atoms with E-state index < -0.39 is 0 Å². The van der Waals surface area contributed by atoms with Gasteiger partial charge in [0.05, 0.1) is 12.8 Å². The Labute approximate surface area is 71.0 Å². The molecule has 0 aliphatic heterocycles. The summed E-state index contributed by atoms with van der Waals surface area (Å²) in [5, 5.41) is 0. The lowest BCUT2D eigenvalue weighted by atomic mass is 10.3. The van der Waals surface area contributed by atoms with Gasteiger partial charge in [-0.05, 0) is 11.6 Å². The predicted molar refractivity (Wildman–Crippen MR) is 47.9 cm³/mol. The number of anilines is 1. The third-order valence-electron chi connectivity index (χ3n) is 1.31. The Kier molecular flexibility index (Phi) is 2.59. The first-order valence-corrected chi connectivity index (χ1v) is 3.80. The van der Waals surface area contributed by atoms with Gasteiger partial charge in [0.15, 0.2) is 0 Å². The van der Waals surface area contributed by atoms with Gasteiger partial charge in [-0.2, -0.15) is 12.6 Å². The number of ether oxygens (including phenoxy) is 1. The van der Waals surface area contributed by atoms with Crippen LogP contribution >= 0.6 is 12.6 Å². The van der Waals surface area contributed by atoms with Crippen molar-refractivity contribution < 1.29 is 4.74 Å². The quantitative estimate of drug-likeness (QED) is 0.653. The molecule has 2 N–H and O–H groups in total. The SMILES string of the molecule is COc1ncc(CS)cc1N. The molecule has 3 nitrogen and oxygen atoms in total. The number of methoxy groups -OCH3 is 1. The molecule has 0 unspecified atom stereocenters. The summed E-state index contributed by atoms with van der Waals surface area (Å²) in [5.41, 5.74) is 7.13. The Bertz CT molecular complexity index is 252. The van der Waals surface area contributed by atoms with Crippen LogP contribution in [0.2, 0.25) is 0 Å². The molecule has 0 fully saturated rings. The van der Waals surface area contributed by atoms with E-state index in [0.29, 0.717) is 17.3 Å². The van der Waals surface area contributed by atoms with Crippen molar-refractivity contribution in [2.75, 3.05) is 12.8 Å². The first-order chi connectivity index (χ1) is 5.27. The summed E-state index contributed by atoms with van der Waals surface area (Å²) >= 11 is 4.08. The van der Waals surface area contributed by atoms with Crippen molar-refractivity contribution in [1.82, 2.24) is 4.98 Å². The number of nitrogens with zero attached hydrogens (tertiary/aromatic N) is 1. The van der Waals surface area contributed by atoms with Gasteiger partial charge in [-0.15, -0.1) is 0 Å². The molecule has 0 atom stereocenters. The van der Waals surface area contributed by atoms with Crippen LogP contribution in [0, 0.1) is 0 Å². The molecule has 1 rings (SSSR count). The zero-order chi connectivity index (χ0) is 8.27. The molecule has 0 bridgehead atoms. The number of rotatable bonds is 2. The lowest BCUT2D eigenvalue weighted by molar-refractivity contribution is 0.400. The Balaban J connectivity index is 2.99. The maximum absolute atomic E-state index is 5.59. The van der Waals surface area contributed by atoms with E-state index in [0.717, 1.165) is 5.56 Å². The number of hydrogen-bond acceptors (Lipinski definition) is 4. The highest BCUT2D eigenvalue weighted by Crippen LogP contribution is 2.18. The van der Waals surface area contributed by atoms with E-state index in [4.69, 9.17) is 10.5 Å². The molecule has 4 heteroatoms. The number of nitrogen functional groups attached to an aromatic ring is 1. The molecular formula is C7H10N2OS. The van der Waals surface area contributed by atoms with Crippen LogP contribution in [0.3, 0.4) is 0 Å². The summed E-state index contributed by atoms with van der Waals surface area (Å²) < 4.78 is 4.88. The highest BCUT2D eigenvalue weighted by atomic mass is 32.1. The summed E-state index contributed by atoms with van der Waals surface area (Å²) in [6.45, 7) is 0. The molecular weight excluding hydrogens is 160 g/mol. The van der Waals surface area contributed by atoms with Crippen LogP contribution in [0.25, 0.3) is 0 Å². The Morgan fingerprint density at radius 3 is 2.91 bits per heavy atom. The third kappa shape index (κ3) is 1.77. The van der Waals surface area contributed by atoms with Gasteiger partial charge in [-0.3, -0.25) is 0 Å². The van der Waals surface area contributed by atoms with E-state index in [1.807, 2.05) is 0 Å². The maximum atomic E-state index is 5.59. The first kappa shape index (κ1) is 8.20. The number of nitrogens with two attached hydrogens (primary N) is 1. The van der Waals surface area contributed by atoms with Crippen molar-refractivity contribution in [2.24, 2.45) is 0 Å². The molecule has 0 aliphatic carbocycles. The lowest BCUT2D eigenvalue weighted by Gasteiger charge is -2.03. The standard InChI is InChI=1S/C7H10N2OS/c1-10-7-6(8)2-5(4-11)3-9-7/h2-3,11H,4,8H2,1H3. The van der Waals surface area contributed by atoms with E-state index >= 15 is 0 Å². The minimum atomic E-state index is 0.468. The van der Waals surface area contributed by atoms with Gasteiger partial charge < -0.3 is 10.5 Å². The molecule has 60 valence electrons. The fourth-order valence-electron chi connectivity index (χ4n) is 0.772. The van der Waals surface area contributed by atoms with Gasteiger partial charge in [0.25, 0.3) is 0 Å².